The van der Waals surface area contributed by atoms with Crippen LogP contribution in [0.15, 0.2) is 23.7 Å². The minimum absolute atomic E-state index is 0.0475. The number of benzene rings is 1. The summed E-state index contributed by atoms with van der Waals surface area (Å²) in [6.45, 7) is 9.20. The molecule has 0 bridgehead atoms. The fourth-order valence-corrected chi connectivity index (χ4v) is 2.87. The molecule has 1 aromatic carbocycles. The van der Waals surface area contributed by atoms with Crippen LogP contribution in [0.25, 0.3) is 6.08 Å². The number of nitrogens with zero attached hydrogens (tertiary/aromatic N) is 1. The van der Waals surface area contributed by atoms with Crippen molar-refractivity contribution in [3.8, 4) is 6.07 Å². The highest BCUT2D eigenvalue weighted by molar-refractivity contribution is 8.13. The average Bonchev–Trinajstić information content (AvgIpc) is 2.73. The van der Waals surface area contributed by atoms with E-state index in [0.717, 1.165) is 11.8 Å². The molecular weight excluding hydrogens is 340 g/mol. The molecule has 1 aliphatic rings. The van der Waals surface area contributed by atoms with E-state index < -0.39 is 24.1 Å². The zero-order valence-electron chi connectivity index (χ0n) is 15.1. The summed E-state index contributed by atoms with van der Waals surface area (Å²) in [5.41, 5.74) is 0.205. The van der Waals surface area contributed by atoms with E-state index in [1.807, 2.05) is 33.8 Å². The third-order valence-corrected chi connectivity index (χ3v) is 5.35. The van der Waals surface area contributed by atoms with Gasteiger partial charge in [0.25, 0.3) is 0 Å². The maximum Gasteiger partial charge on any atom is 0.491 e. The molecule has 1 saturated heterocycles. The van der Waals surface area contributed by atoms with Crippen molar-refractivity contribution in [2.45, 2.75) is 45.8 Å². The average molecular weight is 361 g/mol. The number of nitriles is 1. The van der Waals surface area contributed by atoms with Gasteiger partial charge in [-0.25, -0.2) is 4.39 Å². The molecule has 1 aromatic rings. The van der Waals surface area contributed by atoms with E-state index in [4.69, 9.17) is 14.6 Å². The molecule has 2 rings (SSSR count). The summed E-state index contributed by atoms with van der Waals surface area (Å²) in [6, 6.07) is 6.14. The van der Waals surface area contributed by atoms with Crippen LogP contribution in [0.5, 0.6) is 0 Å². The lowest BCUT2D eigenvalue weighted by Gasteiger charge is -2.32. The zero-order chi connectivity index (χ0) is 18.8. The molecular formula is C18H21BFNO3S. The van der Waals surface area contributed by atoms with Gasteiger partial charge in [0, 0.05) is 18.2 Å². The van der Waals surface area contributed by atoms with Gasteiger partial charge in [-0.05, 0) is 51.4 Å². The van der Waals surface area contributed by atoms with E-state index >= 15 is 0 Å². The summed E-state index contributed by atoms with van der Waals surface area (Å²) in [5, 5.41) is 8.97. The molecule has 7 heteroatoms. The first-order valence-electron chi connectivity index (χ1n) is 7.95. The number of carbonyl (C=O) groups excluding carboxylic acids is 1. The topological polar surface area (TPSA) is 59.3 Å². The van der Waals surface area contributed by atoms with Crippen molar-refractivity contribution >= 4 is 30.1 Å². The Labute approximate surface area is 152 Å². The van der Waals surface area contributed by atoms with Crippen LogP contribution >= 0.6 is 11.8 Å². The lowest BCUT2D eigenvalue weighted by Crippen LogP contribution is -2.41. The molecule has 0 unspecified atom stereocenters. The second kappa shape index (κ2) is 7.32. The Kier molecular flexibility index (Phi) is 5.77. The molecule has 132 valence electrons. The van der Waals surface area contributed by atoms with Crippen LogP contribution in [0.3, 0.4) is 0 Å². The third-order valence-electron chi connectivity index (χ3n) is 4.46. The lowest BCUT2D eigenvalue weighted by atomic mass is 9.78. The second-order valence-electron chi connectivity index (χ2n) is 6.94. The van der Waals surface area contributed by atoms with Gasteiger partial charge in [-0.15, -0.1) is 0 Å². The molecule has 0 N–H and O–H groups in total. The Bertz CT molecular complexity index is 739. The third kappa shape index (κ3) is 4.52. The van der Waals surface area contributed by atoms with Gasteiger partial charge in [0.1, 0.15) is 5.82 Å². The summed E-state index contributed by atoms with van der Waals surface area (Å²) in [4.78, 5) is 11.4. The van der Waals surface area contributed by atoms with E-state index in [0.29, 0.717) is 16.8 Å². The number of carbonyl (C=O) groups is 1. The molecule has 1 heterocycles. The predicted octanol–water partition coefficient (Wildman–Crippen LogP) is 3.99. The van der Waals surface area contributed by atoms with E-state index in [9.17, 15) is 9.18 Å². The highest BCUT2D eigenvalue weighted by Crippen LogP contribution is 2.39. The predicted molar refractivity (Wildman–Crippen MR) is 98.3 cm³/mol. The van der Waals surface area contributed by atoms with Crippen molar-refractivity contribution in [1.82, 2.24) is 0 Å². The van der Waals surface area contributed by atoms with Crippen molar-refractivity contribution in [2.75, 3.05) is 5.75 Å². The summed E-state index contributed by atoms with van der Waals surface area (Å²) in [6.07, 6.45) is 1.61. The van der Waals surface area contributed by atoms with Gasteiger partial charge in [0.15, 0.2) is 5.12 Å². The van der Waals surface area contributed by atoms with Gasteiger partial charge in [0.05, 0.1) is 22.8 Å². The SMILES string of the molecule is CC(=O)SCC(=Cc1cc(C#N)ccc1F)B1OC(C)(C)C(C)(C)O1. The molecule has 1 fully saturated rings. The maximum atomic E-state index is 14.1. The van der Waals surface area contributed by atoms with Gasteiger partial charge in [0.2, 0.25) is 0 Å². The standard InChI is InChI=1S/C18H21BFNO3S/c1-12(22)25-11-15(19-23-17(2,3)18(4,5)24-19)9-14-8-13(10-21)6-7-16(14)20/h6-9H,11H2,1-5H3. The fraction of sp³-hybridized carbons (Fsp3) is 0.444. The molecule has 0 spiro atoms. The lowest BCUT2D eigenvalue weighted by molar-refractivity contribution is -0.109. The Hall–Kier alpha value is -1.62. The highest BCUT2D eigenvalue weighted by Gasteiger charge is 2.52. The van der Waals surface area contributed by atoms with E-state index in [-0.39, 0.29) is 10.7 Å². The number of hydrogen-bond donors (Lipinski definition) is 0. The van der Waals surface area contributed by atoms with Crippen molar-refractivity contribution in [2.24, 2.45) is 0 Å². The molecule has 0 saturated carbocycles. The van der Waals surface area contributed by atoms with Crippen molar-refractivity contribution in [3.63, 3.8) is 0 Å². The van der Waals surface area contributed by atoms with Crippen LogP contribution in [0, 0.1) is 17.1 Å². The Morgan fingerprint density at radius 1 is 1.32 bits per heavy atom. The molecule has 0 aliphatic carbocycles. The minimum Gasteiger partial charge on any atom is -0.400 e. The monoisotopic (exact) mass is 361 g/mol. The summed E-state index contributed by atoms with van der Waals surface area (Å²) in [5.74, 6) is -0.122. The van der Waals surface area contributed by atoms with Crippen molar-refractivity contribution < 1.29 is 18.5 Å². The molecule has 0 aromatic heterocycles. The highest BCUT2D eigenvalue weighted by atomic mass is 32.2. The summed E-state index contributed by atoms with van der Waals surface area (Å²) < 4.78 is 26.2. The molecule has 0 atom stereocenters. The Morgan fingerprint density at radius 3 is 2.44 bits per heavy atom. The van der Waals surface area contributed by atoms with E-state index in [1.54, 1.807) is 6.08 Å². The Morgan fingerprint density at radius 2 is 1.92 bits per heavy atom. The van der Waals surface area contributed by atoms with Crippen LogP contribution < -0.4 is 0 Å². The minimum atomic E-state index is -0.679. The fourth-order valence-electron chi connectivity index (χ4n) is 2.28. The van der Waals surface area contributed by atoms with Gasteiger partial charge in [-0.2, -0.15) is 5.26 Å². The normalized spacial score (nSPS) is 18.9. The summed E-state index contributed by atoms with van der Waals surface area (Å²) in [7, 11) is -0.679. The van der Waals surface area contributed by atoms with Gasteiger partial charge in [-0.3, -0.25) is 4.79 Å². The van der Waals surface area contributed by atoms with Crippen LogP contribution in [0.1, 0.15) is 45.7 Å². The second-order valence-corrected chi connectivity index (χ2v) is 8.09. The zero-order valence-corrected chi connectivity index (χ0v) is 15.9. The van der Waals surface area contributed by atoms with Gasteiger partial charge < -0.3 is 9.31 Å². The smallest absolute Gasteiger partial charge is 0.400 e. The van der Waals surface area contributed by atoms with Gasteiger partial charge in [-0.1, -0.05) is 17.8 Å². The number of halogens is 1. The molecule has 0 amide bonds. The van der Waals surface area contributed by atoms with Gasteiger partial charge >= 0.3 is 7.12 Å². The van der Waals surface area contributed by atoms with E-state index in [2.05, 4.69) is 0 Å². The van der Waals surface area contributed by atoms with Crippen LogP contribution in [0.2, 0.25) is 0 Å². The van der Waals surface area contributed by atoms with Crippen LogP contribution in [0.4, 0.5) is 4.39 Å². The molecule has 1 aliphatic heterocycles. The maximum absolute atomic E-state index is 14.1. The number of thioether (sulfide) groups is 1. The first-order valence-corrected chi connectivity index (χ1v) is 8.93. The van der Waals surface area contributed by atoms with E-state index in [1.165, 1.54) is 25.1 Å². The molecule has 0 radical (unpaired) electrons. The first-order chi connectivity index (χ1) is 11.6. The molecule has 25 heavy (non-hydrogen) atoms. The molecule has 4 nitrogen and oxygen atoms in total. The summed E-state index contributed by atoms with van der Waals surface area (Å²) >= 11 is 1.11. The Balaban J connectivity index is 2.40. The van der Waals surface area contributed by atoms with Crippen molar-refractivity contribution in [1.29, 1.82) is 5.26 Å². The number of hydrogen-bond acceptors (Lipinski definition) is 5. The first kappa shape index (κ1) is 19.7. The van der Waals surface area contributed by atoms with Crippen LogP contribution in [-0.2, 0) is 14.1 Å². The number of rotatable bonds is 4. The van der Waals surface area contributed by atoms with Crippen LogP contribution in [-0.4, -0.2) is 29.2 Å². The quantitative estimate of drug-likeness (QED) is 0.759. The van der Waals surface area contributed by atoms with Crippen molar-refractivity contribution in [3.05, 3.63) is 40.6 Å². The largest absolute Gasteiger partial charge is 0.491 e.